The number of anilines is 2. The molecule has 0 heterocycles. The minimum absolute atomic E-state index is 0.363. The molecule has 1 aromatic rings. The van der Waals surface area contributed by atoms with Gasteiger partial charge in [-0.3, -0.25) is 0 Å². The monoisotopic (exact) mass is 190 g/mol. The SMILES string of the molecule is N#CCNCCc1cc(N)ccc1N. The highest BCUT2D eigenvalue weighted by molar-refractivity contribution is 5.55. The van der Waals surface area contributed by atoms with E-state index < -0.39 is 0 Å². The van der Waals surface area contributed by atoms with E-state index in [4.69, 9.17) is 16.7 Å². The van der Waals surface area contributed by atoms with Crippen LogP contribution in [0.4, 0.5) is 11.4 Å². The van der Waals surface area contributed by atoms with Gasteiger partial charge in [-0.25, -0.2) is 0 Å². The molecule has 0 fully saturated rings. The van der Waals surface area contributed by atoms with Crippen LogP contribution in [0.3, 0.4) is 0 Å². The Labute approximate surface area is 83.5 Å². The van der Waals surface area contributed by atoms with Gasteiger partial charge in [-0.1, -0.05) is 0 Å². The highest BCUT2D eigenvalue weighted by atomic mass is 14.8. The zero-order valence-electron chi connectivity index (χ0n) is 7.96. The van der Waals surface area contributed by atoms with Gasteiger partial charge < -0.3 is 16.8 Å². The number of nitrogens with one attached hydrogen (secondary N) is 1. The summed E-state index contributed by atoms with van der Waals surface area (Å²) in [6.07, 6.45) is 0.790. The number of nitrogens with two attached hydrogens (primary N) is 2. The third-order valence-electron chi connectivity index (χ3n) is 1.94. The number of benzene rings is 1. The summed E-state index contributed by atoms with van der Waals surface area (Å²) in [7, 11) is 0. The van der Waals surface area contributed by atoms with Crippen molar-refractivity contribution >= 4 is 11.4 Å². The normalized spacial score (nSPS) is 9.64. The molecule has 0 saturated carbocycles. The predicted molar refractivity (Wildman–Crippen MR) is 57.5 cm³/mol. The first-order chi connectivity index (χ1) is 6.74. The van der Waals surface area contributed by atoms with Gasteiger partial charge in [0.2, 0.25) is 0 Å². The van der Waals surface area contributed by atoms with Gasteiger partial charge in [-0.2, -0.15) is 5.26 Å². The summed E-state index contributed by atoms with van der Waals surface area (Å²) in [6, 6.07) is 7.46. The predicted octanol–water partition coefficient (Wildman–Crippen LogP) is 0.507. The van der Waals surface area contributed by atoms with Crippen LogP contribution in [0.15, 0.2) is 18.2 Å². The first-order valence-corrected chi connectivity index (χ1v) is 4.45. The molecule has 74 valence electrons. The molecule has 0 amide bonds. The van der Waals surface area contributed by atoms with Crippen LogP contribution in [-0.2, 0) is 6.42 Å². The molecule has 4 nitrogen and oxygen atoms in total. The number of nitrogens with zero attached hydrogens (tertiary/aromatic N) is 1. The second-order valence-corrected chi connectivity index (χ2v) is 3.04. The van der Waals surface area contributed by atoms with Gasteiger partial charge in [0.15, 0.2) is 0 Å². The van der Waals surface area contributed by atoms with E-state index in [0.29, 0.717) is 6.54 Å². The van der Waals surface area contributed by atoms with Crippen LogP contribution >= 0.6 is 0 Å². The molecule has 5 N–H and O–H groups in total. The molecule has 0 aliphatic carbocycles. The number of hydrogen-bond donors (Lipinski definition) is 3. The summed E-state index contributed by atoms with van der Waals surface area (Å²) < 4.78 is 0. The Bertz CT molecular complexity index is 340. The highest BCUT2D eigenvalue weighted by Gasteiger charge is 1.98. The lowest BCUT2D eigenvalue weighted by Gasteiger charge is -2.06. The topological polar surface area (TPSA) is 87.9 Å². The first-order valence-electron chi connectivity index (χ1n) is 4.45. The minimum atomic E-state index is 0.363. The average Bonchev–Trinajstić information content (AvgIpc) is 2.18. The Morgan fingerprint density at radius 3 is 2.86 bits per heavy atom. The molecular formula is C10H14N4. The Morgan fingerprint density at radius 2 is 2.14 bits per heavy atom. The molecule has 0 atom stereocenters. The summed E-state index contributed by atoms with van der Waals surface area (Å²) in [5.74, 6) is 0. The summed E-state index contributed by atoms with van der Waals surface area (Å²) in [5.41, 5.74) is 13.9. The van der Waals surface area contributed by atoms with Gasteiger partial charge in [0.25, 0.3) is 0 Å². The number of rotatable bonds is 4. The largest absolute Gasteiger partial charge is 0.399 e. The molecule has 0 aliphatic heterocycles. The van der Waals surface area contributed by atoms with E-state index in [1.165, 1.54) is 0 Å². The third-order valence-corrected chi connectivity index (χ3v) is 1.94. The van der Waals surface area contributed by atoms with Crippen molar-refractivity contribution in [2.24, 2.45) is 0 Å². The van der Waals surface area contributed by atoms with E-state index in [1.54, 1.807) is 12.1 Å². The van der Waals surface area contributed by atoms with Crippen molar-refractivity contribution in [3.63, 3.8) is 0 Å². The Kier molecular flexibility index (Phi) is 3.77. The molecule has 0 bridgehead atoms. The summed E-state index contributed by atoms with van der Waals surface area (Å²) in [6.45, 7) is 1.10. The Morgan fingerprint density at radius 1 is 1.36 bits per heavy atom. The second kappa shape index (κ2) is 5.10. The van der Waals surface area contributed by atoms with E-state index in [2.05, 4.69) is 5.32 Å². The molecule has 0 unspecified atom stereocenters. The fourth-order valence-corrected chi connectivity index (χ4v) is 1.21. The van der Waals surface area contributed by atoms with Crippen molar-refractivity contribution in [2.45, 2.75) is 6.42 Å². The van der Waals surface area contributed by atoms with Crippen LogP contribution in [0.25, 0.3) is 0 Å². The zero-order valence-corrected chi connectivity index (χ0v) is 7.96. The van der Waals surface area contributed by atoms with Crippen molar-refractivity contribution in [2.75, 3.05) is 24.6 Å². The molecule has 0 spiro atoms. The molecule has 0 saturated heterocycles. The van der Waals surface area contributed by atoms with Crippen molar-refractivity contribution in [1.29, 1.82) is 5.26 Å². The lowest BCUT2D eigenvalue weighted by molar-refractivity contribution is 0.750. The number of nitriles is 1. The Balaban J connectivity index is 2.50. The molecule has 1 rings (SSSR count). The van der Waals surface area contributed by atoms with E-state index in [1.807, 2.05) is 12.1 Å². The minimum Gasteiger partial charge on any atom is -0.399 e. The second-order valence-electron chi connectivity index (χ2n) is 3.04. The maximum atomic E-state index is 8.30. The standard InChI is InChI=1S/C10H14N4/c11-4-6-14-5-3-8-7-9(12)1-2-10(8)13/h1-2,7,14H,3,5-6,12-13H2. The number of nitrogen functional groups attached to an aromatic ring is 2. The fraction of sp³-hybridized carbons (Fsp3) is 0.300. The van der Waals surface area contributed by atoms with Crippen LogP contribution in [0, 0.1) is 11.3 Å². The van der Waals surface area contributed by atoms with Crippen LogP contribution in [0.5, 0.6) is 0 Å². The molecule has 1 aromatic carbocycles. The first kappa shape index (κ1) is 10.4. The lowest BCUT2D eigenvalue weighted by atomic mass is 10.1. The van der Waals surface area contributed by atoms with Crippen molar-refractivity contribution in [3.05, 3.63) is 23.8 Å². The van der Waals surface area contributed by atoms with E-state index in [0.717, 1.165) is 29.9 Å². The average molecular weight is 190 g/mol. The van der Waals surface area contributed by atoms with E-state index in [9.17, 15) is 0 Å². The summed E-state index contributed by atoms with van der Waals surface area (Å²) in [4.78, 5) is 0. The third kappa shape index (κ3) is 2.96. The van der Waals surface area contributed by atoms with Crippen molar-refractivity contribution in [1.82, 2.24) is 5.32 Å². The lowest BCUT2D eigenvalue weighted by Crippen LogP contribution is -2.17. The molecule has 0 radical (unpaired) electrons. The quantitative estimate of drug-likeness (QED) is 0.366. The molecule has 0 aliphatic rings. The van der Waals surface area contributed by atoms with E-state index >= 15 is 0 Å². The maximum absolute atomic E-state index is 8.30. The molecule has 0 aromatic heterocycles. The van der Waals surface area contributed by atoms with Gasteiger partial charge in [0.05, 0.1) is 12.6 Å². The summed E-state index contributed by atoms with van der Waals surface area (Å²) >= 11 is 0. The van der Waals surface area contributed by atoms with Crippen LogP contribution in [0.2, 0.25) is 0 Å². The van der Waals surface area contributed by atoms with Crippen LogP contribution in [-0.4, -0.2) is 13.1 Å². The van der Waals surface area contributed by atoms with Gasteiger partial charge in [-0.05, 0) is 30.2 Å². The number of hydrogen-bond acceptors (Lipinski definition) is 4. The summed E-state index contributed by atoms with van der Waals surface area (Å²) in [5, 5.41) is 11.3. The van der Waals surface area contributed by atoms with E-state index in [-0.39, 0.29) is 0 Å². The highest BCUT2D eigenvalue weighted by Crippen LogP contribution is 2.15. The van der Waals surface area contributed by atoms with Crippen molar-refractivity contribution in [3.8, 4) is 6.07 Å². The van der Waals surface area contributed by atoms with Gasteiger partial charge in [0, 0.05) is 17.9 Å². The van der Waals surface area contributed by atoms with Gasteiger partial charge in [-0.15, -0.1) is 0 Å². The molecule has 14 heavy (non-hydrogen) atoms. The smallest absolute Gasteiger partial charge is 0.0841 e. The maximum Gasteiger partial charge on any atom is 0.0841 e. The molecular weight excluding hydrogens is 176 g/mol. The van der Waals surface area contributed by atoms with Gasteiger partial charge in [0.1, 0.15) is 0 Å². The zero-order chi connectivity index (χ0) is 10.4. The molecule has 4 heteroatoms. The van der Waals surface area contributed by atoms with Crippen LogP contribution < -0.4 is 16.8 Å². The Hall–Kier alpha value is -1.73. The van der Waals surface area contributed by atoms with Gasteiger partial charge >= 0.3 is 0 Å². The van der Waals surface area contributed by atoms with Crippen molar-refractivity contribution < 1.29 is 0 Å². The van der Waals surface area contributed by atoms with Crippen LogP contribution in [0.1, 0.15) is 5.56 Å². The fourth-order valence-electron chi connectivity index (χ4n) is 1.21.